The number of para-hydroxylation sites is 2. The van der Waals surface area contributed by atoms with E-state index in [4.69, 9.17) is 16.3 Å². The molecule has 0 heterocycles. The first-order valence-corrected chi connectivity index (χ1v) is 13.8. The molecule has 0 aromatic heterocycles. The number of carbonyl (C=O) groups excluding carboxylic acids is 2. The van der Waals surface area contributed by atoms with E-state index in [0.717, 1.165) is 5.56 Å². The van der Waals surface area contributed by atoms with Crippen LogP contribution in [-0.2, 0) is 16.0 Å². The molecular weight excluding hydrogens is 552 g/mol. The molecule has 0 saturated carbocycles. The second kappa shape index (κ2) is 14.7. The van der Waals surface area contributed by atoms with Crippen molar-refractivity contribution in [3.8, 4) is 5.75 Å². The zero-order valence-electron chi connectivity index (χ0n) is 23.1. The fourth-order valence-corrected chi connectivity index (χ4v) is 4.64. The molecule has 0 aliphatic rings. The van der Waals surface area contributed by atoms with Crippen LogP contribution in [0.25, 0.3) is 0 Å². The number of aliphatic carboxylic acids is 1. The molecule has 4 aromatic rings. The summed E-state index contributed by atoms with van der Waals surface area (Å²) in [6.45, 7) is 2.27. The second-order valence-electron chi connectivity index (χ2n) is 9.41. The Kier molecular flexibility index (Phi) is 10.5. The van der Waals surface area contributed by atoms with Crippen molar-refractivity contribution in [2.45, 2.75) is 19.4 Å². The number of hydrogen-bond donors (Lipinski definition) is 2. The van der Waals surface area contributed by atoms with Crippen molar-refractivity contribution in [2.24, 2.45) is 0 Å². The van der Waals surface area contributed by atoms with Gasteiger partial charge in [-0.1, -0.05) is 84.4 Å². The van der Waals surface area contributed by atoms with Crippen LogP contribution in [-0.4, -0.2) is 42.0 Å². The molecule has 0 aliphatic carbocycles. The molecule has 8 heteroatoms. The first-order valence-electron chi connectivity index (χ1n) is 13.5. The summed E-state index contributed by atoms with van der Waals surface area (Å²) in [5, 5.41) is 13.5. The third-order valence-electron chi connectivity index (χ3n) is 6.50. The van der Waals surface area contributed by atoms with Gasteiger partial charge in [0, 0.05) is 23.2 Å². The van der Waals surface area contributed by atoms with Gasteiger partial charge >= 0.3 is 5.97 Å². The summed E-state index contributed by atoms with van der Waals surface area (Å²) in [5.74, 6) is -0.855. The number of amides is 1. The van der Waals surface area contributed by atoms with E-state index in [1.807, 2.05) is 12.1 Å². The van der Waals surface area contributed by atoms with Crippen LogP contribution in [0.4, 0.5) is 11.4 Å². The lowest BCUT2D eigenvalue weighted by Gasteiger charge is -2.22. The van der Waals surface area contributed by atoms with Gasteiger partial charge in [-0.25, -0.2) is 4.79 Å². The van der Waals surface area contributed by atoms with E-state index in [1.165, 1.54) is 6.08 Å². The van der Waals surface area contributed by atoms with E-state index >= 15 is 0 Å². The Morgan fingerprint density at radius 1 is 0.905 bits per heavy atom. The molecule has 0 saturated heterocycles. The molecule has 214 valence electrons. The maximum atomic E-state index is 13.1. The lowest BCUT2D eigenvalue weighted by atomic mass is 10.00. The Morgan fingerprint density at radius 2 is 1.57 bits per heavy atom. The van der Waals surface area contributed by atoms with Crippen molar-refractivity contribution in [1.82, 2.24) is 0 Å². The van der Waals surface area contributed by atoms with Gasteiger partial charge in [0.15, 0.2) is 5.78 Å². The highest BCUT2D eigenvalue weighted by atomic mass is 35.5. The Hall–Kier alpha value is -4.88. The van der Waals surface area contributed by atoms with Gasteiger partial charge in [0.05, 0.1) is 17.3 Å². The third-order valence-corrected chi connectivity index (χ3v) is 6.82. The Balaban J connectivity index is 1.40. The predicted octanol–water partition coefficient (Wildman–Crippen LogP) is 6.67. The van der Waals surface area contributed by atoms with E-state index in [0.29, 0.717) is 33.3 Å². The van der Waals surface area contributed by atoms with Gasteiger partial charge in [-0.3, -0.25) is 9.59 Å². The first-order chi connectivity index (χ1) is 20.4. The van der Waals surface area contributed by atoms with Crippen molar-refractivity contribution >= 4 is 40.6 Å². The molecule has 2 N–H and O–H groups in total. The number of benzene rings is 4. The summed E-state index contributed by atoms with van der Waals surface area (Å²) < 4.78 is 5.88. The first kappa shape index (κ1) is 30.1. The normalized spacial score (nSPS) is 11.6. The summed E-state index contributed by atoms with van der Waals surface area (Å²) in [4.78, 5) is 39.4. The number of halogens is 1. The number of hydrogen-bond acceptors (Lipinski definition) is 5. The van der Waals surface area contributed by atoms with Crippen molar-refractivity contribution in [3.63, 3.8) is 0 Å². The number of allylic oxidation sites excluding steroid dienone is 1. The fraction of sp³-hybridized carbons (Fsp3) is 0.147. The lowest BCUT2D eigenvalue weighted by molar-refractivity contribution is -0.137. The molecule has 4 aromatic carbocycles. The van der Waals surface area contributed by atoms with Crippen LogP contribution in [0.1, 0.15) is 28.4 Å². The summed E-state index contributed by atoms with van der Waals surface area (Å²) >= 11 is 6.32. The van der Waals surface area contributed by atoms with Gasteiger partial charge in [-0.05, 0) is 55.0 Å². The maximum absolute atomic E-state index is 13.1. The highest BCUT2D eigenvalue weighted by Crippen LogP contribution is 2.26. The average molecular weight is 583 g/mol. The van der Waals surface area contributed by atoms with Crippen molar-refractivity contribution in [2.75, 3.05) is 23.4 Å². The van der Waals surface area contributed by atoms with Crippen LogP contribution in [0.15, 0.2) is 115 Å². The highest BCUT2D eigenvalue weighted by Gasteiger charge is 2.21. The number of anilines is 2. The number of nitrogens with zero attached hydrogens (tertiary/aromatic N) is 1. The van der Waals surface area contributed by atoms with E-state index in [9.17, 15) is 19.5 Å². The largest absolute Gasteiger partial charge is 0.492 e. The number of carboxylic acid groups (broad SMARTS) is 1. The quantitative estimate of drug-likeness (QED) is 0.135. The van der Waals surface area contributed by atoms with Gasteiger partial charge < -0.3 is 20.1 Å². The molecule has 0 aliphatic heterocycles. The molecule has 0 spiro atoms. The standard InChI is InChI=1S/C34H31ClN2O5/c1-2-10-32(38)37(31-16-9-7-14-28(31)35)21-22-42-26-19-17-24(18-20-26)23-30(34(40)41)36-29-15-8-6-13-27(29)33(39)25-11-4-3-5-12-25/h2-20,30,36H,21-23H2,1H3,(H,40,41)/b10-2+/t30-/m0/s1. The Labute approximate surface area is 250 Å². The number of nitrogens with one attached hydrogen (secondary N) is 1. The highest BCUT2D eigenvalue weighted by molar-refractivity contribution is 6.34. The molecule has 7 nitrogen and oxygen atoms in total. The molecule has 1 atom stereocenters. The van der Waals surface area contributed by atoms with Crippen LogP contribution < -0.4 is 15.0 Å². The van der Waals surface area contributed by atoms with Gasteiger partial charge in [-0.2, -0.15) is 0 Å². The van der Waals surface area contributed by atoms with Gasteiger partial charge in [0.2, 0.25) is 0 Å². The lowest BCUT2D eigenvalue weighted by Crippen LogP contribution is -2.33. The zero-order valence-corrected chi connectivity index (χ0v) is 23.8. The molecule has 0 fully saturated rings. The Bertz CT molecular complexity index is 1550. The van der Waals surface area contributed by atoms with Crippen molar-refractivity contribution in [1.29, 1.82) is 0 Å². The number of carbonyl (C=O) groups is 3. The predicted molar refractivity (Wildman–Crippen MR) is 166 cm³/mol. The van der Waals surface area contributed by atoms with Crippen LogP contribution >= 0.6 is 11.6 Å². The van der Waals surface area contributed by atoms with E-state index in [-0.39, 0.29) is 31.3 Å². The molecule has 0 radical (unpaired) electrons. The van der Waals surface area contributed by atoms with E-state index < -0.39 is 12.0 Å². The molecular formula is C34H31ClN2O5. The fourth-order valence-electron chi connectivity index (χ4n) is 4.40. The maximum Gasteiger partial charge on any atom is 0.326 e. The number of carboxylic acids is 1. The number of ether oxygens (including phenoxy) is 1. The van der Waals surface area contributed by atoms with E-state index in [1.54, 1.807) is 109 Å². The molecule has 0 unspecified atom stereocenters. The Morgan fingerprint density at radius 3 is 2.26 bits per heavy atom. The smallest absolute Gasteiger partial charge is 0.326 e. The minimum atomic E-state index is -1.04. The zero-order chi connectivity index (χ0) is 29.9. The van der Waals surface area contributed by atoms with Gasteiger partial charge in [0.1, 0.15) is 18.4 Å². The average Bonchev–Trinajstić information content (AvgIpc) is 3.00. The second-order valence-corrected chi connectivity index (χ2v) is 9.82. The monoisotopic (exact) mass is 582 g/mol. The topological polar surface area (TPSA) is 95.9 Å². The number of ketones is 1. The summed E-state index contributed by atoms with van der Waals surface area (Å²) in [5.41, 5.74) is 2.75. The van der Waals surface area contributed by atoms with Gasteiger partial charge in [0.25, 0.3) is 5.91 Å². The number of rotatable bonds is 13. The summed E-state index contributed by atoms with van der Waals surface area (Å²) in [6.07, 6.45) is 3.33. The van der Waals surface area contributed by atoms with Crippen LogP contribution in [0.5, 0.6) is 5.75 Å². The minimum Gasteiger partial charge on any atom is -0.492 e. The third kappa shape index (κ3) is 7.86. The molecule has 1 amide bonds. The van der Waals surface area contributed by atoms with E-state index in [2.05, 4.69) is 5.32 Å². The minimum absolute atomic E-state index is 0.182. The van der Waals surface area contributed by atoms with Gasteiger partial charge in [-0.15, -0.1) is 0 Å². The molecule has 0 bridgehead atoms. The summed E-state index contributed by atoms with van der Waals surface area (Å²) in [7, 11) is 0. The van der Waals surface area contributed by atoms with Crippen LogP contribution in [0.3, 0.4) is 0 Å². The molecule has 42 heavy (non-hydrogen) atoms. The van der Waals surface area contributed by atoms with Crippen molar-refractivity contribution in [3.05, 3.63) is 137 Å². The molecule has 4 rings (SSSR count). The van der Waals surface area contributed by atoms with Crippen LogP contribution in [0, 0.1) is 0 Å². The summed E-state index contributed by atoms with van der Waals surface area (Å²) in [6, 6.07) is 29.0. The van der Waals surface area contributed by atoms with Crippen molar-refractivity contribution < 1.29 is 24.2 Å². The van der Waals surface area contributed by atoms with Crippen LogP contribution in [0.2, 0.25) is 5.02 Å². The SMILES string of the molecule is C/C=C/C(=O)N(CCOc1ccc(C[C@H](Nc2ccccc2C(=O)c2ccccc2)C(=O)O)cc1)c1ccccc1Cl.